The molecule has 0 heteroatoms. The van der Waals surface area contributed by atoms with Gasteiger partial charge < -0.3 is 0 Å². The zero-order valence-corrected chi connectivity index (χ0v) is 70.9. The van der Waals surface area contributed by atoms with E-state index in [9.17, 15) is 0 Å². The van der Waals surface area contributed by atoms with Gasteiger partial charge in [-0.3, -0.25) is 0 Å². The van der Waals surface area contributed by atoms with E-state index >= 15 is 0 Å². The van der Waals surface area contributed by atoms with Crippen molar-refractivity contribution in [3.8, 4) is 0 Å². The molecule has 0 saturated heterocycles. The molecule has 0 heterocycles. The first-order valence-corrected chi connectivity index (χ1v) is 49.5. The molecule has 0 saturated carbocycles. The summed E-state index contributed by atoms with van der Waals surface area (Å²) in [6.07, 6.45) is 140. The topological polar surface area (TPSA) is 0 Å². The summed E-state index contributed by atoms with van der Waals surface area (Å²) in [7, 11) is 0. The highest BCUT2D eigenvalue weighted by Gasteiger charge is 2.04. The highest BCUT2D eigenvalue weighted by Crippen LogP contribution is 2.24. The van der Waals surface area contributed by atoms with Gasteiger partial charge in [0.1, 0.15) is 0 Å². The van der Waals surface area contributed by atoms with Gasteiger partial charge in [0.25, 0.3) is 0 Å². The summed E-state index contributed by atoms with van der Waals surface area (Å²) in [6.45, 7) is 2.32. The van der Waals surface area contributed by atoms with Crippen molar-refractivity contribution in [3.63, 3.8) is 0 Å². The molecule has 0 aliphatic carbocycles. The molecule has 0 aliphatic rings. The van der Waals surface area contributed by atoms with Gasteiger partial charge in [0.15, 0.2) is 0 Å². The van der Waals surface area contributed by atoms with Crippen LogP contribution in [-0.4, -0.2) is 0 Å². The summed E-state index contributed by atoms with van der Waals surface area (Å²) in [4.78, 5) is 0. The lowest BCUT2D eigenvalue weighted by Crippen LogP contribution is -1.86. The first kappa shape index (κ1) is 98.2. The van der Waals surface area contributed by atoms with Crippen LogP contribution in [0.3, 0.4) is 0 Å². The molecule has 0 atom stereocenters. The average molecular weight is 1410 g/mol. The largest absolute Gasteiger partial charge is 0.0654 e. The molecule has 0 unspecified atom stereocenters. The molecule has 0 radical (unpaired) electrons. The number of benzene rings is 1. The smallest absolute Gasteiger partial charge is 0.0279 e. The zero-order valence-electron chi connectivity index (χ0n) is 70.9. The minimum atomic E-state index is 1.26. The molecule has 1 aromatic rings. The molecule has 1 rings (SSSR count). The van der Waals surface area contributed by atoms with E-state index < -0.39 is 0 Å². The fourth-order valence-electron chi connectivity index (χ4n) is 17.1. The Labute approximate surface area is 642 Å². The highest BCUT2D eigenvalue weighted by molar-refractivity contribution is 5.14. The van der Waals surface area contributed by atoms with Gasteiger partial charge >= 0.3 is 0 Å². The maximum atomic E-state index is 2.32. The van der Waals surface area contributed by atoms with Crippen LogP contribution in [0.4, 0.5) is 0 Å². The minimum absolute atomic E-state index is 1.26. The van der Waals surface area contributed by atoms with Crippen molar-refractivity contribution < 1.29 is 0 Å². The van der Waals surface area contributed by atoms with Crippen molar-refractivity contribution in [2.24, 2.45) is 0 Å². The van der Waals surface area contributed by atoms with E-state index in [1.807, 2.05) is 0 Å². The van der Waals surface area contributed by atoms with Gasteiger partial charge in [0, 0.05) is 0 Å². The van der Waals surface area contributed by atoms with Crippen molar-refractivity contribution in [2.75, 3.05) is 0 Å². The number of aryl methyl sites for hydroxylation is 1. The predicted molar refractivity (Wildman–Crippen MR) is 465 cm³/mol. The molecular formula is C101H196. The van der Waals surface area contributed by atoms with Crippen molar-refractivity contribution in [2.45, 2.75) is 610 Å². The van der Waals surface area contributed by atoms with Crippen LogP contribution in [-0.2, 0) is 6.42 Å². The van der Waals surface area contributed by atoms with Crippen molar-refractivity contribution >= 4 is 0 Å². The lowest BCUT2D eigenvalue weighted by molar-refractivity contribution is 0.505. The first-order chi connectivity index (χ1) is 50.4. The summed E-state index contributed by atoms with van der Waals surface area (Å²) < 4.78 is 0. The van der Waals surface area contributed by atoms with Gasteiger partial charge in [0.2, 0.25) is 0 Å². The Hall–Kier alpha value is -0.780. The molecule has 101 heavy (non-hydrogen) atoms. The summed E-state index contributed by atoms with van der Waals surface area (Å²) in [5.41, 5.74) is 1.51. The lowest BCUT2D eigenvalue weighted by atomic mass is 10.0. The van der Waals surface area contributed by atoms with Crippen LogP contribution in [0.15, 0.2) is 30.3 Å². The van der Waals surface area contributed by atoms with Gasteiger partial charge in [-0.2, -0.15) is 0 Å². The Morgan fingerprint density at radius 2 is 0.198 bits per heavy atom. The summed E-state index contributed by atoms with van der Waals surface area (Å²) >= 11 is 0. The van der Waals surface area contributed by atoms with E-state index in [1.54, 1.807) is 0 Å². The summed E-state index contributed by atoms with van der Waals surface area (Å²) in [6, 6.07) is 11.0. The van der Waals surface area contributed by atoms with E-state index in [0.717, 1.165) is 0 Å². The highest BCUT2D eigenvalue weighted by atomic mass is 14.1. The number of hydrogen-bond donors (Lipinski definition) is 0. The Morgan fingerprint density at radius 3 is 0.297 bits per heavy atom. The molecule has 0 bridgehead atoms. The third-order valence-corrected chi connectivity index (χ3v) is 24.4. The van der Waals surface area contributed by atoms with Gasteiger partial charge in [0.05, 0.1) is 0 Å². The normalized spacial score (nSPS) is 11.8. The minimum Gasteiger partial charge on any atom is -0.0654 e. The van der Waals surface area contributed by atoms with E-state index in [2.05, 4.69) is 37.3 Å². The van der Waals surface area contributed by atoms with E-state index in [0.29, 0.717) is 0 Å². The maximum Gasteiger partial charge on any atom is -0.0279 e. The zero-order chi connectivity index (χ0) is 71.6. The Kier molecular flexibility index (Phi) is 90.9. The Morgan fingerprint density at radius 1 is 0.109 bits per heavy atom. The molecule has 0 amide bonds. The SMILES string of the molecule is CCCCCCCCCCCCCCCCCCCCCCCCCCCCCCCCCCCCCCCCCCCCCCCCCCCCCCCCCCCCCCCCCCCCCCCCCCCCCCCCCCCCCCCCCCCCCCCc1ccccc1. The van der Waals surface area contributed by atoms with Crippen LogP contribution in [0.5, 0.6) is 0 Å². The van der Waals surface area contributed by atoms with Crippen molar-refractivity contribution in [1.82, 2.24) is 0 Å². The van der Waals surface area contributed by atoms with Crippen LogP contribution < -0.4 is 0 Å². The Bertz CT molecular complexity index is 1510. The standard InChI is InChI=1S/C101H196/c1-2-3-4-5-6-7-8-9-10-11-12-13-14-15-16-17-18-19-20-21-22-23-24-25-26-27-28-29-30-31-32-33-34-35-36-37-38-39-40-41-42-43-44-45-46-47-48-49-50-51-52-53-54-55-56-57-58-59-60-61-62-63-64-65-66-67-68-69-70-71-72-73-74-75-76-77-78-79-80-81-82-83-84-85-86-87-88-89-90-91-92-93-95-98-101-99-96-94-97-100-101/h94,96-97,99-100H,2-93,95,98H2,1H3. The monoisotopic (exact) mass is 1410 g/mol. The third-order valence-electron chi connectivity index (χ3n) is 24.4. The van der Waals surface area contributed by atoms with E-state index in [1.165, 1.54) is 609 Å². The maximum absolute atomic E-state index is 2.32. The first-order valence-electron chi connectivity index (χ1n) is 49.5. The number of hydrogen-bond acceptors (Lipinski definition) is 0. The number of rotatable bonds is 94. The molecule has 1 aromatic carbocycles. The number of unbranched alkanes of at least 4 members (excludes halogenated alkanes) is 92. The van der Waals surface area contributed by atoms with Gasteiger partial charge in [-0.25, -0.2) is 0 Å². The summed E-state index contributed by atoms with van der Waals surface area (Å²) in [5.74, 6) is 0. The fraction of sp³-hybridized carbons (Fsp3) is 0.941. The van der Waals surface area contributed by atoms with Crippen LogP contribution in [0, 0.1) is 0 Å². The molecule has 0 aromatic heterocycles. The molecular weight excluding hydrogens is 1210 g/mol. The van der Waals surface area contributed by atoms with Gasteiger partial charge in [-0.1, -0.05) is 628 Å². The Balaban J connectivity index is 1.58. The predicted octanol–water partition coefficient (Wildman–Crippen LogP) is 38.5. The fourth-order valence-corrected chi connectivity index (χ4v) is 17.1. The molecule has 600 valence electrons. The van der Waals surface area contributed by atoms with Gasteiger partial charge in [-0.05, 0) is 18.4 Å². The lowest BCUT2D eigenvalue weighted by Gasteiger charge is -2.05. The van der Waals surface area contributed by atoms with E-state index in [4.69, 9.17) is 0 Å². The van der Waals surface area contributed by atoms with Crippen LogP contribution >= 0.6 is 0 Å². The van der Waals surface area contributed by atoms with Crippen LogP contribution in [0.25, 0.3) is 0 Å². The van der Waals surface area contributed by atoms with Crippen LogP contribution in [0.2, 0.25) is 0 Å². The molecule has 0 N–H and O–H groups in total. The summed E-state index contributed by atoms with van der Waals surface area (Å²) in [5, 5.41) is 0. The van der Waals surface area contributed by atoms with Crippen LogP contribution in [0.1, 0.15) is 610 Å². The second-order valence-corrected chi connectivity index (χ2v) is 34.8. The molecule has 0 nitrogen and oxygen atoms in total. The van der Waals surface area contributed by atoms with Crippen molar-refractivity contribution in [3.05, 3.63) is 35.9 Å². The molecule has 0 fully saturated rings. The second-order valence-electron chi connectivity index (χ2n) is 34.8. The quantitative estimate of drug-likeness (QED) is 0.0570. The van der Waals surface area contributed by atoms with E-state index in [-0.39, 0.29) is 0 Å². The second kappa shape index (κ2) is 93.4. The third kappa shape index (κ3) is 89.8. The molecule has 0 spiro atoms. The van der Waals surface area contributed by atoms with Gasteiger partial charge in [-0.15, -0.1) is 0 Å². The van der Waals surface area contributed by atoms with Crippen molar-refractivity contribution in [1.29, 1.82) is 0 Å². The molecule has 0 aliphatic heterocycles. The average Bonchev–Trinajstić information content (AvgIpc) is 3.84.